The molecule has 0 N–H and O–H groups in total. The van der Waals surface area contributed by atoms with E-state index in [-0.39, 0.29) is 11.8 Å². The molecule has 0 aromatic carbocycles. The summed E-state index contributed by atoms with van der Waals surface area (Å²) in [5.41, 5.74) is 0. The number of hydrogen-bond acceptors (Lipinski definition) is 6. The van der Waals surface area contributed by atoms with Gasteiger partial charge in [-0.25, -0.2) is 0 Å². The molecular weight excluding hydrogens is 284 g/mol. The molecule has 8 nitrogen and oxygen atoms in total. The summed E-state index contributed by atoms with van der Waals surface area (Å²) in [4.78, 5) is 27.8. The van der Waals surface area contributed by atoms with E-state index in [1.54, 1.807) is 66.4 Å². The van der Waals surface area contributed by atoms with Gasteiger partial charge in [-0.3, -0.25) is 9.59 Å². The van der Waals surface area contributed by atoms with Gasteiger partial charge in [-0.2, -0.15) is 10.2 Å². The van der Waals surface area contributed by atoms with Gasteiger partial charge < -0.3 is 19.8 Å². The fourth-order valence-electron chi connectivity index (χ4n) is 1.63. The molecule has 126 valence electrons. The van der Waals surface area contributed by atoms with E-state index in [9.17, 15) is 9.59 Å². The predicted octanol–water partition coefficient (Wildman–Crippen LogP) is -0.510. The Kier molecular flexibility index (Phi) is 8.14. The Balaban J connectivity index is 5.70. The molecule has 0 spiro atoms. The van der Waals surface area contributed by atoms with Crippen molar-refractivity contribution in [1.82, 2.24) is 19.8 Å². The number of nitrogens with zero attached hydrogens (tertiary/aromatic N) is 6. The third-order valence-electron chi connectivity index (χ3n) is 2.76. The van der Waals surface area contributed by atoms with E-state index in [1.807, 2.05) is 0 Å². The molecule has 0 aliphatic heterocycles. The van der Waals surface area contributed by atoms with Crippen LogP contribution in [0.5, 0.6) is 0 Å². The summed E-state index contributed by atoms with van der Waals surface area (Å²) in [6, 6.07) is 0. The molecule has 0 aromatic heterocycles. The molecule has 2 unspecified atom stereocenters. The number of hydrogen-bond donors (Lipinski definition) is 0. The van der Waals surface area contributed by atoms with Gasteiger partial charge in [0.2, 0.25) is 11.8 Å². The van der Waals surface area contributed by atoms with Crippen molar-refractivity contribution in [3.63, 3.8) is 0 Å². The van der Waals surface area contributed by atoms with Gasteiger partial charge >= 0.3 is 0 Å². The number of hydrazone groups is 2. The van der Waals surface area contributed by atoms with Gasteiger partial charge in [0, 0.05) is 68.8 Å². The Morgan fingerprint density at radius 1 is 0.682 bits per heavy atom. The zero-order valence-corrected chi connectivity index (χ0v) is 14.8. The van der Waals surface area contributed by atoms with Crippen molar-refractivity contribution in [3.8, 4) is 0 Å². The van der Waals surface area contributed by atoms with Crippen molar-refractivity contribution in [1.29, 1.82) is 0 Å². The highest BCUT2D eigenvalue weighted by Gasteiger charge is 2.33. The fourth-order valence-corrected chi connectivity index (χ4v) is 1.63. The monoisotopic (exact) mass is 312 g/mol. The van der Waals surface area contributed by atoms with E-state index in [2.05, 4.69) is 10.2 Å². The van der Waals surface area contributed by atoms with Crippen LogP contribution in [0, 0.1) is 11.8 Å². The SMILES string of the molecule is CN(C)/N=C/C(C(=O)N(C)C)C(/C=N/N(C)C)C(=O)N(C)C. The maximum Gasteiger partial charge on any atom is 0.231 e. The second kappa shape index (κ2) is 9.01. The molecule has 0 aliphatic rings. The van der Waals surface area contributed by atoms with E-state index in [0.717, 1.165) is 0 Å². The normalized spacial score (nSPS) is 14.0. The van der Waals surface area contributed by atoms with Crippen molar-refractivity contribution in [3.05, 3.63) is 0 Å². The predicted molar refractivity (Wildman–Crippen MR) is 88.7 cm³/mol. The fraction of sp³-hybridized carbons (Fsp3) is 0.714. The molecule has 0 aliphatic carbocycles. The first kappa shape index (κ1) is 19.9. The maximum atomic E-state index is 12.4. The number of rotatable bonds is 7. The third-order valence-corrected chi connectivity index (χ3v) is 2.76. The van der Waals surface area contributed by atoms with E-state index in [1.165, 1.54) is 22.2 Å². The molecule has 0 aromatic rings. The largest absolute Gasteiger partial charge is 0.348 e. The van der Waals surface area contributed by atoms with E-state index in [4.69, 9.17) is 0 Å². The summed E-state index contributed by atoms with van der Waals surface area (Å²) in [7, 11) is 13.6. The Morgan fingerprint density at radius 3 is 1.14 bits per heavy atom. The number of amides is 2. The highest BCUT2D eigenvalue weighted by atomic mass is 16.2. The van der Waals surface area contributed by atoms with Gasteiger partial charge in [-0.1, -0.05) is 0 Å². The first-order chi connectivity index (χ1) is 10.1. The van der Waals surface area contributed by atoms with Crippen LogP contribution in [0.3, 0.4) is 0 Å². The molecule has 2 amide bonds. The second-order valence-electron chi connectivity index (χ2n) is 5.74. The number of carbonyl (C=O) groups is 2. The average Bonchev–Trinajstić information content (AvgIpc) is 2.40. The molecule has 0 saturated heterocycles. The maximum absolute atomic E-state index is 12.4. The summed E-state index contributed by atoms with van der Waals surface area (Å²) >= 11 is 0. The van der Waals surface area contributed by atoms with Crippen LogP contribution >= 0.6 is 0 Å². The lowest BCUT2D eigenvalue weighted by Gasteiger charge is -2.25. The minimum atomic E-state index is -0.712. The van der Waals surface area contributed by atoms with Crippen LogP contribution in [-0.4, -0.2) is 100 Å². The summed E-state index contributed by atoms with van der Waals surface area (Å²) in [5, 5.41) is 11.4. The minimum absolute atomic E-state index is 0.198. The molecule has 0 bridgehead atoms. The topological polar surface area (TPSA) is 71.8 Å². The first-order valence-electron chi connectivity index (χ1n) is 6.93. The van der Waals surface area contributed by atoms with Gasteiger partial charge in [0.15, 0.2) is 0 Å². The van der Waals surface area contributed by atoms with E-state index in [0.29, 0.717) is 0 Å². The third kappa shape index (κ3) is 6.55. The molecule has 0 fully saturated rings. The Hall–Kier alpha value is -2.12. The highest BCUT2D eigenvalue weighted by molar-refractivity contribution is 6.05. The lowest BCUT2D eigenvalue weighted by molar-refractivity contribution is -0.138. The van der Waals surface area contributed by atoms with Crippen molar-refractivity contribution in [2.75, 3.05) is 56.4 Å². The van der Waals surface area contributed by atoms with Crippen LogP contribution in [0.1, 0.15) is 0 Å². The van der Waals surface area contributed by atoms with Crippen LogP contribution in [0.15, 0.2) is 10.2 Å². The van der Waals surface area contributed by atoms with Crippen molar-refractivity contribution < 1.29 is 9.59 Å². The lowest BCUT2D eigenvalue weighted by Crippen LogP contribution is -2.43. The highest BCUT2D eigenvalue weighted by Crippen LogP contribution is 2.14. The second-order valence-corrected chi connectivity index (χ2v) is 5.74. The van der Waals surface area contributed by atoms with Gasteiger partial charge in [-0.05, 0) is 0 Å². The van der Waals surface area contributed by atoms with Crippen LogP contribution in [-0.2, 0) is 9.59 Å². The Bertz CT molecular complexity index is 389. The van der Waals surface area contributed by atoms with Crippen molar-refractivity contribution >= 4 is 24.2 Å². The minimum Gasteiger partial charge on any atom is -0.348 e. The average molecular weight is 312 g/mol. The molecule has 22 heavy (non-hydrogen) atoms. The quantitative estimate of drug-likeness (QED) is 0.469. The molecule has 0 radical (unpaired) electrons. The molecule has 8 heteroatoms. The van der Waals surface area contributed by atoms with Crippen LogP contribution < -0.4 is 0 Å². The molecule has 0 rings (SSSR count). The van der Waals surface area contributed by atoms with Gasteiger partial charge in [0.05, 0.1) is 11.8 Å². The zero-order valence-electron chi connectivity index (χ0n) is 14.8. The standard InChI is InChI=1S/C14H28N6O2/c1-17(2)13(21)11(9-15-19(5)6)12(10-16-20(7)8)14(22)18(3)4/h9-12H,1-8H3/b15-9+,16-10+. The van der Waals surface area contributed by atoms with E-state index >= 15 is 0 Å². The first-order valence-corrected chi connectivity index (χ1v) is 6.93. The van der Waals surface area contributed by atoms with Gasteiger partial charge in [-0.15, -0.1) is 0 Å². The van der Waals surface area contributed by atoms with Crippen LogP contribution in [0.4, 0.5) is 0 Å². The molecular formula is C14H28N6O2. The molecule has 2 atom stereocenters. The zero-order chi connectivity index (χ0) is 17.4. The van der Waals surface area contributed by atoms with Crippen molar-refractivity contribution in [2.24, 2.45) is 22.0 Å². The summed E-state index contributed by atoms with van der Waals surface area (Å²) < 4.78 is 0. The van der Waals surface area contributed by atoms with Crippen LogP contribution in [0.25, 0.3) is 0 Å². The summed E-state index contributed by atoms with van der Waals surface area (Å²) in [6.07, 6.45) is 2.99. The summed E-state index contributed by atoms with van der Waals surface area (Å²) in [6.45, 7) is 0. The Labute approximate surface area is 133 Å². The lowest BCUT2D eigenvalue weighted by atomic mass is 9.91. The van der Waals surface area contributed by atoms with Gasteiger partial charge in [0.25, 0.3) is 0 Å². The molecule has 0 saturated carbocycles. The smallest absolute Gasteiger partial charge is 0.231 e. The van der Waals surface area contributed by atoms with E-state index < -0.39 is 11.8 Å². The Morgan fingerprint density at radius 2 is 0.955 bits per heavy atom. The molecule has 0 heterocycles. The van der Waals surface area contributed by atoms with Crippen LogP contribution in [0.2, 0.25) is 0 Å². The van der Waals surface area contributed by atoms with Crippen molar-refractivity contribution in [2.45, 2.75) is 0 Å². The van der Waals surface area contributed by atoms with Gasteiger partial charge in [0.1, 0.15) is 0 Å². The summed E-state index contributed by atoms with van der Waals surface area (Å²) in [5.74, 6) is -1.82. The number of carbonyl (C=O) groups excluding carboxylic acids is 2.